The molecule has 4 heteroatoms. The van der Waals surface area contributed by atoms with E-state index in [-0.39, 0.29) is 18.8 Å². The number of likely N-dealkylation sites (tertiary alicyclic amines) is 1. The summed E-state index contributed by atoms with van der Waals surface area (Å²) < 4.78 is 26.2. The van der Waals surface area contributed by atoms with Crippen LogP contribution < -0.4 is 5.32 Å². The van der Waals surface area contributed by atoms with Crippen LogP contribution >= 0.6 is 0 Å². The third kappa shape index (κ3) is 3.38. The zero-order chi connectivity index (χ0) is 12.5. The molecule has 0 amide bonds. The van der Waals surface area contributed by atoms with Crippen LogP contribution in [0.3, 0.4) is 0 Å². The molecule has 1 heterocycles. The highest BCUT2D eigenvalue weighted by Crippen LogP contribution is 2.40. The maximum atomic E-state index is 13.1. The lowest BCUT2D eigenvalue weighted by Crippen LogP contribution is -2.34. The first-order chi connectivity index (χ1) is 7.92. The molecular formula is C13H24F2N2. The summed E-state index contributed by atoms with van der Waals surface area (Å²) in [5.41, 5.74) is 0.329. The average molecular weight is 246 g/mol. The van der Waals surface area contributed by atoms with Gasteiger partial charge >= 0.3 is 0 Å². The van der Waals surface area contributed by atoms with E-state index in [0.29, 0.717) is 11.8 Å². The van der Waals surface area contributed by atoms with Crippen molar-refractivity contribution in [3.8, 4) is 0 Å². The van der Waals surface area contributed by atoms with Crippen molar-refractivity contribution >= 4 is 0 Å². The Kier molecular flexibility index (Phi) is 3.74. The maximum absolute atomic E-state index is 13.1. The minimum atomic E-state index is -2.39. The van der Waals surface area contributed by atoms with Gasteiger partial charge < -0.3 is 10.2 Å². The van der Waals surface area contributed by atoms with E-state index in [2.05, 4.69) is 17.1 Å². The first-order valence-corrected chi connectivity index (χ1v) is 6.67. The average Bonchev–Trinajstić information content (AvgIpc) is 2.72. The maximum Gasteiger partial charge on any atom is 0.248 e. The van der Waals surface area contributed by atoms with Gasteiger partial charge in [0.25, 0.3) is 0 Å². The summed E-state index contributed by atoms with van der Waals surface area (Å²) in [7, 11) is 1.98. The number of nitrogens with zero attached hydrogens (tertiary/aromatic N) is 1. The van der Waals surface area contributed by atoms with Gasteiger partial charge in [-0.1, -0.05) is 6.92 Å². The van der Waals surface area contributed by atoms with Crippen LogP contribution in [0.4, 0.5) is 8.78 Å². The summed E-state index contributed by atoms with van der Waals surface area (Å²) in [6.07, 6.45) is 2.08. The lowest BCUT2D eigenvalue weighted by molar-refractivity contribution is 0.00366. The molecule has 2 unspecified atom stereocenters. The summed E-state index contributed by atoms with van der Waals surface area (Å²) in [6.45, 7) is 6.29. The van der Waals surface area contributed by atoms with Gasteiger partial charge in [-0.25, -0.2) is 8.78 Å². The number of hydrogen-bond donors (Lipinski definition) is 1. The first-order valence-electron chi connectivity index (χ1n) is 6.67. The number of halogens is 2. The van der Waals surface area contributed by atoms with Crippen molar-refractivity contribution in [2.75, 3.05) is 33.2 Å². The van der Waals surface area contributed by atoms with Gasteiger partial charge in [0.1, 0.15) is 0 Å². The summed E-state index contributed by atoms with van der Waals surface area (Å²) in [6, 6.07) is 0. The van der Waals surface area contributed by atoms with E-state index in [9.17, 15) is 8.78 Å². The van der Waals surface area contributed by atoms with Gasteiger partial charge in [-0.2, -0.15) is 0 Å². The smallest absolute Gasteiger partial charge is 0.248 e. The Hall–Kier alpha value is -0.220. The molecule has 1 saturated carbocycles. The van der Waals surface area contributed by atoms with Crippen LogP contribution in [0, 0.1) is 11.3 Å². The second kappa shape index (κ2) is 4.81. The third-order valence-electron chi connectivity index (χ3n) is 4.26. The number of rotatable bonds is 4. The summed E-state index contributed by atoms with van der Waals surface area (Å²) >= 11 is 0. The molecule has 0 aromatic carbocycles. The van der Waals surface area contributed by atoms with Crippen LogP contribution in [0.15, 0.2) is 0 Å². The van der Waals surface area contributed by atoms with Gasteiger partial charge in [0.2, 0.25) is 5.92 Å². The molecule has 1 saturated heterocycles. The molecule has 0 radical (unpaired) electrons. The van der Waals surface area contributed by atoms with Gasteiger partial charge in [-0.3, -0.25) is 0 Å². The zero-order valence-electron chi connectivity index (χ0n) is 10.9. The van der Waals surface area contributed by atoms with Gasteiger partial charge in [-0.15, -0.1) is 0 Å². The van der Waals surface area contributed by atoms with Gasteiger partial charge in [0.05, 0.1) is 0 Å². The second-order valence-corrected chi connectivity index (χ2v) is 6.29. The fourth-order valence-corrected chi connectivity index (χ4v) is 3.42. The van der Waals surface area contributed by atoms with Crippen molar-refractivity contribution in [2.24, 2.45) is 11.3 Å². The standard InChI is InChI=1S/C13H24F2N2/c1-12(9-16-2)5-6-17(10-12)8-11-3-4-13(14,15)7-11/h11,16H,3-10H2,1-2H3. The highest BCUT2D eigenvalue weighted by atomic mass is 19.3. The highest BCUT2D eigenvalue weighted by Gasteiger charge is 2.41. The second-order valence-electron chi connectivity index (χ2n) is 6.29. The fraction of sp³-hybridized carbons (Fsp3) is 1.00. The lowest BCUT2D eigenvalue weighted by atomic mass is 9.90. The van der Waals surface area contributed by atoms with Gasteiger partial charge in [0.15, 0.2) is 0 Å². The molecule has 1 aliphatic heterocycles. The van der Waals surface area contributed by atoms with Crippen LogP contribution in [0.2, 0.25) is 0 Å². The molecular weight excluding hydrogens is 222 g/mol. The molecule has 0 aromatic rings. The predicted molar refractivity (Wildman–Crippen MR) is 65.4 cm³/mol. The van der Waals surface area contributed by atoms with Crippen molar-refractivity contribution in [2.45, 2.75) is 38.5 Å². The minimum absolute atomic E-state index is 0.0965. The van der Waals surface area contributed by atoms with Crippen molar-refractivity contribution < 1.29 is 8.78 Å². The van der Waals surface area contributed by atoms with Crippen LogP contribution in [0.5, 0.6) is 0 Å². The van der Waals surface area contributed by atoms with E-state index >= 15 is 0 Å². The Morgan fingerprint density at radius 2 is 2.12 bits per heavy atom. The molecule has 2 aliphatic rings. The Labute approximate surface area is 103 Å². The lowest BCUT2D eigenvalue weighted by Gasteiger charge is -2.25. The Balaban J connectivity index is 1.79. The van der Waals surface area contributed by atoms with E-state index in [1.165, 1.54) is 6.42 Å². The van der Waals surface area contributed by atoms with Crippen molar-refractivity contribution in [1.82, 2.24) is 10.2 Å². The molecule has 0 spiro atoms. The molecule has 2 rings (SSSR count). The quantitative estimate of drug-likeness (QED) is 0.819. The summed E-state index contributed by atoms with van der Waals surface area (Å²) in [5.74, 6) is -2.18. The zero-order valence-corrected chi connectivity index (χ0v) is 10.9. The van der Waals surface area contributed by atoms with Crippen molar-refractivity contribution in [1.29, 1.82) is 0 Å². The molecule has 100 valence electrons. The van der Waals surface area contributed by atoms with E-state index in [1.54, 1.807) is 0 Å². The number of alkyl halides is 2. The summed E-state index contributed by atoms with van der Waals surface area (Å²) in [4.78, 5) is 2.38. The molecule has 1 N–H and O–H groups in total. The SMILES string of the molecule is CNCC1(C)CCN(CC2CCC(F)(F)C2)C1. The first kappa shape index (κ1) is 13.2. The normalized spacial score (nSPS) is 37.8. The molecule has 0 aromatic heterocycles. The van der Waals surface area contributed by atoms with Crippen LogP contribution in [-0.2, 0) is 0 Å². The topological polar surface area (TPSA) is 15.3 Å². The molecule has 2 fully saturated rings. The Bertz CT molecular complexity index is 270. The fourth-order valence-electron chi connectivity index (χ4n) is 3.42. The Morgan fingerprint density at radius 1 is 1.35 bits per heavy atom. The number of hydrogen-bond acceptors (Lipinski definition) is 2. The van der Waals surface area contributed by atoms with Crippen molar-refractivity contribution in [3.05, 3.63) is 0 Å². The monoisotopic (exact) mass is 246 g/mol. The largest absolute Gasteiger partial charge is 0.319 e. The number of nitrogens with one attached hydrogen (secondary N) is 1. The van der Waals surface area contributed by atoms with E-state index in [1.807, 2.05) is 7.05 Å². The van der Waals surface area contributed by atoms with Crippen molar-refractivity contribution in [3.63, 3.8) is 0 Å². The van der Waals surface area contributed by atoms with Crippen LogP contribution in [-0.4, -0.2) is 44.0 Å². The molecule has 1 aliphatic carbocycles. The molecule has 0 bridgehead atoms. The van der Waals surface area contributed by atoms with Gasteiger partial charge in [-0.05, 0) is 37.8 Å². The minimum Gasteiger partial charge on any atom is -0.319 e. The third-order valence-corrected chi connectivity index (χ3v) is 4.26. The van der Waals surface area contributed by atoms with Crippen LogP contribution in [0.1, 0.15) is 32.6 Å². The molecule has 2 atom stereocenters. The summed E-state index contributed by atoms with van der Waals surface area (Å²) in [5, 5.41) is 3.23. The van der Waals surface area contributed by atoms with Crippen LogP contribution in [0.25, 0.3) is 0 Å². The van der Waals surface area contributed by atoms with E-state index in [0.717, 1.165) is 26.2 Å². The Morgan fingerprint density at radius 3 is 2.71 bits per heavy atom. The molecule has 17 heavy (non-hydrogen) atoms. The predicted octanol–water partition coefficient (Wildman–Crippen LogP) is 2.35. The highest BCUT2D eigenvalue weighted by molar-refractivity contribution is 4.90. The van der Waals surface area contributed by atoms with E-state index in [4.69, 9.17) is 0 Å². The van der Waals surface area contributed by atoms with E-state index < -0.39 is 5.92 Å². The van der Waals surface area contributed by atoms with Gasteiger partial charge in [0, 0.05) is 32.5 Å². The molecule has 2 nitrogen and oxygen atoms in total.